The summed E-state index contributed by atoms with van der Waals surface area (Å²) in [7, 11) is 0. The van der Waals surface area contributed by atoms with Crippen LogP contribution in [0.2, 0.25) is 0 Å². The Kier molecular flexibility index (Phi) is 5.08. The molecule has 1 aromatic heterocycles. The summed E-state index contributed by atoms with van der Waals surface area (Å²) < 4.78 is 0. The summed E-state index contributed by atoms with van der Waals surface area (Å²) in [6.07, 6.45) is 9.79. The van der Waals surface area contributed by atoms with Gasteiger partial charge in [-0.05, 0) is 42.7 Å². The lowest BCUT2D eigenvalue weighted by atomic mass is 9.93. The van der Waals surface area contributed by atoms with Gasteiger partial charge >= 0.3 is 0 Å². The Labute approximate surface area is 132 Å². The first-order valence-corrected chi connectivity index (χ1v) is 8.60. The molecule has 2 aliphatic carbocycles. The van der Waals surface area contributed by atoms with E-state index in [-0.39, 0.29) is 24.3 Å². The van der Waals surface area contributed by atoms with Crippen LogP contribution in [0.3, 0.4) is 0 Å². The summed E-state index contributed by atoms with van der Waals surface area (Å²) in [4.78, 5) is 16.8. The van der Waals surface area contributed by atoms with Crippen molar-refractivity contribution in [3.8, 4) is 0 Å². The van der Waals surface area contributed by atoms with E-state index in [0.29, 0.717) is 6.54 Å². The number of aromatic nitrogens is 1. The van der Waals surface area contributed by atoms with Crippen LogP contribution < -0.4 is 5.32 Å². The van der Waals surface area contributed by atoms with Crippen LogP contribution in [0.5, 0.6) is 0 Å². The summed E-state index contributed by atoms with van der Waals surface area (Å²) in [6.45, 7) is 0.751. The molecule has 0 saturated heterocycles. The molecule has 2 N–H and O–H groups in total. The monoisotopic (exact) mass is 302 g/mol. The fraction of sp³-hybridized carbons (Fsp3) is 0.667. The molecule has 1 amide bonds. The molecule has 1 aromatic rings. The van der Waals surface area contributed by atoms with Crippen LogP contribution in [0.15, 0.2) is 18.3 Å². The zero-order chi connectivity index (χ0) is 15.4. The number of nitrogens with zero attached hydrogens (tertiary/aromatic N) is 1. The molecule has 4 nitrogen and oxygen atoms in total. The van der Waals surface area contributed by atoms with E-state index >= 15 is 0 Å². The van der Waals surface area contributed by atoms with Crippen molar-refractivity contribution in [3.05, 3.63) is 29.6 Å². The molecule has 2 atom stereocenters. The molecule has 0 aliphatic heterocycles. The lowest BCUT2D eigenvalue weighted by molar-refractivity contribution is -0.122. The molecular weight excluding hydrogens is 276 g/mol. The standard InChI is InChI=1S/C18H26N2O2/c21-12-14(10-13-4-1-2-5-13)11-20-18(22)16-8-7-15-6-3-9-19-17(15)16/h3,6,9,13-14,16,21H,1-2,4-5,7-8,10-12H2,(H,20,22). The maximum Gasteiger partial charge on any atom is 0.229 e. The molecule has 0 radical (unpaired) electrons. The first-order valence-electron chi connectivity index (χ1n) is 8.60. The van der Waals surface area contributed by atoms with E-state index in [1.165, 1.54) is 31.2 Å². The number of hydrogen-bond donors (Lipinski definition) is 2. The second-order valence-electron chi connectivity index (χ2n) is 6.82. The van der Waals surface area contributed by atoms with Gasteiger partial charge in [-0.2, -0.15) is 0 Å². The summed E-state index contributed by atoms with van der Waals surface area (Å²) in [6, 6.07) is 3.99. The highest BCUT2D eigenvalue weighted by atomic mass is 16.3. The Morgan fingerprint density at radius 1 is 1.36 bits per heavy atom. The topological polar surface area (TPSA) is 62.2 Å². The Bertz CT molecular complexity index is 512. The third kappa shape index (κ3) is 3.49. The number of rotatable bonds is 6. The third-order valence-electron chi connectivity index (χ3n) is 5.24. The lowest BCUT2D eigenvalue weighted by Gasteiger charge is -2.20. The molecule has 2 unspecified atom stereocenters. The van der Waals surface area contributed by atoms with E-state index in [2.05, 4.69) is 16.4 Å². The molecule has 1 fully saturated rings. The maximum atomic E-state index is 12.4. The highest BCUT2D eigenvalue weighted by Gasteiger charge is 2.30. The first-order chi connectivity index (χ1) is 10.8. The number of carbonyl (C=O) groups excluding carboxylic acids is 1. The van der Waals surface area contributed by atoms with Crippen molar-refractivity contribution >= 4 is 5.91 Å². The van der Waals surface area contributed by atoms with Crippen molar-refractivity contribution in [3.63, 3.8) is 0 Å². The number of aliphatic hydroxyl groups is 1. The van der Waals surface area contributed by atoms with E-state index < -0.39 is 0 Å². The third-order valence-corrected chi connectivity index (χ3v) is 5.24. The van der Waals surface area contributed by atoms with Crippen LogP contribution in [0.4, 0.5) is 0 Å². The quantitative estimate of drug-likeness (QED) is 0.848. The highest BCUT2D eigenvalue weighted by molar-refractivity contribution is 5.84. The van der Waals surface area contributed by atoms with Gasteiger partial charge in [0, 0.05) is 19.3 Å². The summed E-state index contributed by atoms with van der Waals surface area (Å²) in [5, 5.41) is 12.6. The number of hydrogen-bond acceptors (Lipinski definition) is 3. The Hall–Kier alpha value is -1.42. The SMILES string of the molecule is O=C(NCC(CO)CC1CCCC1)C1CCc2cccnc21. The Morgan fingerprint density at radius 2 is 2.18 bits per heavy atom. The van der Waals surface area contributed by atoms with Crippen molar-refractivity contribution in [2.24, 2.45) is 11.8 Å². The fourth-order valence-electron chi connectivity index (χ4n) is 3.98. The van der Waals surface area contributed by atoms with Gasteiger partial charge in [-0.15, -0.1) is 0 Å². The molecule has 1 heterocycles. The minimum absolute atomic E-state index is 0.0716. The van der Waals surface area contributed by atoms with Gasteiger partial charge in [-0.3, -0.25) is 9.78 Å². The molecule has 0 spiro atoms. The molecule has 0 aromatic carbocycles. The normalized spacial score (nSPS) is 22.5. The average molecular weight is 302 g/mol. The van der Waals surface area contributed by atoms with Gasteiger partial charge < -0.3 is 10.4 Å². The van der Waals surface area contributed by atoms with Gasteiger partial charge in [0.25, 0.3) is 0 Å². The van der Waals surface area contributed by atoms with E-state index in [4.69, 9.17) is 0 Å². The van der Waals surface area contributed by atoms with Crippen molar-refractivity contribution in [1.29, 1.82) is 0 Å². The molecule has 0 bridgehead atoms. The molecule has 22 heavy (non-hydrogen) atoms. The first kappa shape index (κ1) is 15.5. The number of aliphatic hydroxyl groups excluding tert-OH is 1. The maximum absolute atomic E-state index is 12.4. The molecule has 2 aliphatic rings. The lowest BCUT2D eigenvalue weighted by Crippen LogP contribution is -2.34. The van der Waals surface area contributed by atoms with E-state index in [1.54, 1.807) is 6.20 Å². The van der Waals surface area contributed by atoms with Gasteiger partial charge in [-0.1, -0.05) is 31.7 Å². The van der Waals surface area contributed by atoms with Crippen LogP contribution in [0.25, 0.3) is 0 Å². The van der Waals surface area contributed by atoms with Crippen molar-refractivity contribution in [2.45, 2.75) is 50.9 Å². The minimum Gasteiger partial charge on any atom is -0.396 e. The zero-order valence-electron chi connectivity index (χ0n) is 13.1. The van der Waals surface area contributed by atoms with Crippen molar-refractivity contribution < 1.29 is 9.90 Å². The highest BCUT2D eigenvalue weighted by Crippen LogP contribution is 2.32. The fourth-order valence-corrected chi connectivity index (χ4v) is 3.98. The Morgan fingerprint density at radius 3 is 2.95 bits per heavy atom. The largest absolute Gasteiger partial charge is 0.396 e. The van der Waals surface area contributed by atoms with Crippen LogP contribution in [-0.2, 0) is 11.2 Å². The summed E-state index contributed by atoms with van der Waals surface area (Å²) in [5.74, 6) is 0.893. The Balaban J connectivity index is 1.51. The van der Waals surface area contributed by atoms with Crippen LogP contribution >= 0.6 is 0 Å². The molecule has 4 heteroatoms. The summed E-state index contributed by atoms with van der Waals surface area (Å²) >= 11 is 0. The predicted molar refractivity (Wildman–Crippen MR) is 85.5 cm³/mol. The van der Waals surface area contributed by atoms with Crippen LogP contribution in [0.1, 0.15) is 55.7 Å². The molecule has 1 saturated carbocycles. The van der Waals surface area contributed by atoms with Crippen molar-refractivity contribution in [2.75, 3.05) is 13.2 Å². The number of carbonyl (C=O) groups is 1. The van der Waals surface area contributed by atoms with Crippen molar-refractivity contribution in [1.82, 2.24) is 10.3 Å². The molecule has 120 valence electrons. The molecule has 3 rings (SSSR count). The van der Waals surface area contributed by atoms with Crippen LogP contribution in [-0.4, -0.2) is 29.1 Å². The van der Waals surface area contributed by atoms with Gasteiger partial charge in [0.2, 0.25) is 5.91 Å². The van der Waals surface area contributed by atoms with Gasteiger partial charge in [0.05, 0.1) is 11.6 Å². The molecular formula is C18H26N2O2. The second-order valence-corrected chi connectivity index (χ2v) is 6.82. The van der Waals surface area contributed by atoms with Gasteiger partial charge in [0.15, 0.2) is 0 Å². The number of pyridine rings is 1. The zero-order valence-corrected chi connectivity index (χ0v) is 13.1. The minimum atomic E-state index is -0.109. The predicted octanol–water partition coefficient (Wildman–Crippen LogP) is 2.42. The number of nitrogens with one attached hydrogen (secondary N) is 1. The second kappa shape index (κ2) is 7.23. The van der Waals surface area contributed by atoms with E-state index in [9.17, 15) is 9.90 Å². The number of aryl methyl sites for hydroxylation is 1. The van der Waals surface area contributed by atoms with Crippen LogP contribution in [0, 0.1) is 11.8 Å². The number of fused-ring (bicyclic) bond motifs is 1. The van der Waals surface area contributed by atoms with E-state index in [1.807, 2.05) is 6.07 Å². The van der Waals surface area contributed by atoms with Gasteiger partial charge in [0.1, 0.15) is 0 Å². The van der Waals surface area contributed by atoms with E-state index in [0.717, 1.165) is 30.9 Å². The summed E-state index contributed by atoms with van der Waals surface area (Å²) in [5.41, 5.74) is 2.14. The smallest absolute Gasteiger partial charge is 0.229 e. The van der Waals surface area contributed by atoms with Gasteiger partial charge in [-0.25, -0.2) is 0 Å². The average Bonchev–Trinajstić information content (AvgIpc) is 3.20. The number of amides is 1.